The Hall–Kier alpha value is -3.30. The number of hydrogen-bond acceptors (Lipinski definition) is 6. The molecule has 2 amide bonds. The number of nitrogens with two attached hydrogens (primary N) is 3. The molecule has 0 bridgehead atoms. The minimum absolute atomic E-state index is 0.0459. The highest BCUT2D eigenvalue weighted by atomic mass is 19.1. The SMILES string of the molecule is C=C(F)\C(=C/C(C(/N)=C/C(=C\N)C(/C=C\N)=C/CNC)=C(/C)CC)NC(=O)N1CCC(COC)C1. The van der Waals surface area contributed by atoms with Crippen molar-refractivity contribution < 1.29 is 13.9 Å². The maximum Gasteiger partial charge on any atom is 0.321 e. The summed E-state index contributed by atoms with van der Waals surface area (Å²) in [4.78, 5) is 14.4. The summed E-state index contributed by atoms with van der Waals surface area (Å²) in [5.74, 6) is -0.507. The summed E-state index contributed by atoms with van der Waals surface area (Å²) >= 11 is 0. The van der Waals surface area contributed by atoms with Crippen LogP contribution in [0.2, 0.25) is 0 Å². The van der Waals surface area contributed by atoms with E-state index in [1.807, 2.05) is 27.0 Å². The van der Waals surface area contributed by atoms with Crippen LogP contribution in [0.5, 0.6) is 0 Å². The fourth-order valence-electron chi connectivity index (χ4n) is 3.62. The Morgan fingerprint density at radius 3 is 2.54 bits per heavy atom. The molecule has 1 fully saturated rings. The van der Waals surface area contributed by atoms with E-state index in [-0.39, 0.29) is 11.6 Å². The molecule has 1 saturated heterocycles. The van der Waals surface area contributed by atoms with Gasteiger partial charge in [-0.3, -0.25) is 0 Å². The lowest BCUT2D eigenvalue weighted by Crippen LogP contribution is -2.38. The lowest BCUT2D eigenvalue weighted by atomic mass is 9.98. The number of amides is 2. The maximum atomic E-state index is 14.4. The second-order valence-corrected chi connectivity index (χ2v) is 8.29. The average Bonchev–Trinajstić information content (AvgIpc) is 3.31. The summed E-state index contributed by atoms with van der Waals surface area (Å²) in [6.07, 6.45) is 11.2. The third-order valence-corrected chi connectivity index (χ3v) is 5.72. The standard InChI is InChI=1S/C26H41FN6O2/c1-6-18(2)23(24(30)13-22(15-29)21(7-10-28)8-11-31-4)14-25(19(3)27)32-26(34)33-12-9-20(16-33)17-35-5/h7-8,10,13-15,20,31H,3,6,9,11-12,16-17,28-30H2,1-2,4-5H3,(H,32,34)/b10-7-,21-8+,22-15+,23-18+,24-13-,25-14+. The zero-order valence-electron chi connectivity index (χ0n) is 21.4. The Morgan fingerprint density at radius 2 is 2.00 bits per heavy atom. The van der Waals surface area contributed by atoms with Gasteiger partial charge < -0.3 is 37.5 Å². The molecule has 0 aromatic heterocycles. The van der Waals surface area contributed by atoms with Gasteiger partial charge in [-0.2, -0.15) is 0 Å². The van der Waals surface area contributed by atoms with Crippen LogP contribution in [0.25, 0.3) is 0 Å². The molecule has 0 saturated carbocycles. The molecule has 1 unspecified atom stereocenters. The zero-order chi connectivity index (χ0) is 26.4. The topological polar surface area (TPSA) is 132 Å². The van der Waals surface area contributed by atoms with Crippen molar-refractivity contribution in [1.29, 1.82) is 0 Å². The number of nitrogens with zero attached hydrogens (tertiary/aromatic N) is 1. The van der Waals surface area contributed by atoms with Crippen LogP contribution in [0.4, 0.5) is 9.18 Å². The number of urea groups is 1. The Morgan fingerprint density at radius 1 is 1.29 bits per heavy atom. The van der Waals surface area contributed by atoms with Crippen molar-refractivity contribution in [3.63, 3.8) is 0 Å². The number of likely N-dealkylation sites (tertiary alicyclic amines) is 1. The van der Waals surface area contributed by atoms with Crippen LogP contribution in [-0.2, 0) is 4.74 Å². The normalized spacial score (nSPS) is 18.8. The van der Waals surface area contributed by atoms with Crippen molar-refractivity contribution >= 4 is 6.03 Å². The number of ether oxygens (including phenoxy) is 1. The third-order valence-electron chi connectivity index (χ3n) is 5.72. The van der Waals surface area contributed by atoms with Gasteiger partial charge in [0.2, 0.25) is 0 Å². The van der Waals surface area contributed by atoms with Gasteiger partial charge in [-0.25, -0.2) is 9.18 Å². The lowest BCUT2D eigenvalue weighted by molar-refractivity contribution is 0.153. The highest BCUT2D eigenvalue weighted by Gasteiger charge is 2.27. The van der Waals surface area contributed by atoms with Gasteiger partial charge >= 0.3 is 6.03 Å². The fraction of sp³-hybridized carbons (Fsp3) is 0.423. The van der Waals surface area contributed by atoms with Gasteiger partial charge in [0.25, 0.3) is 0 Å². The monoisotopic (exact) mass is 488 g/mol. The largest absolute Gasteiger partial charge is 0.405 e. The van der Waals surface area contributed by atoms with E-state index in [1.54, 1.807) is 24.2 Å². The zero-order valence-corrected chi connectivity index (χ0v) is 21.4. The van der Waals surface area contributed by atoms with Crippen molar-refractivity contribution in [1.82, 2.24) is 15.5 Å². The molecule has 8 N–H and O–H groups in total. The van der Waals surface area contributed by atoms with Crippen molar-refractivity contribution in [2.75, 3.05) is 40.4 Å². The second kappa shape index (κ2) is 15.6. The molecule has 1 aliphatic heterocycles. The number of allylic oxidation sites excluding steroid dienone is 7. The highest BCUT2D eigenvalue weighted by Crippen LogP contribution is 2.23. The Balaban J connectivity index is 3.31. The number of nitrogens with one attached hydrogen (secondary N) is 2. The Kier molecular flexibility index (Phi) is 13.2. The van der Waals surface area contributed by atoms with E-state index < -0.39 is 11.9 Å². The van der Waals surface area contributed by atoms with E-state index in [4.69, 9.17) is 21.9 Å². The molecular weight excluding hydrogens is 447 g/mol. The van der Waals surface area contributed by atoms with Crippen molar-refractivity contribution in [3.05, 3.63) is 82.8 Å². The predicted octanol–water partition coefficient (Wildman–Crippen LogP) is 3.06. The summed E-state index contributed by atoms with van der Waals surface area (Å²) in [7, 11) is 3.46. The van der Waals surface area contributed by atoms with Gasteiger partial charge in [0.05, 0.1) is 12.3 Å². The number of rotatable bonds is 12. The summed E-state index contributed by atoms with van der Waals surface area (Å²) in [6.45, 7) is 9.56. The molecule has 1 rings (SSSR count). The molecule has 1 heterocycles. The quantitative estimate of drug-likeness (QED) is 0.268. The number of carbonyl (C=O) groups excluding carboxylic acids is 1. The molecule has 0 spiro atoms. The first-order valence-corrected chi connectivity index (χ1v) is 11.7. The van der Waals surface area contributed by atoms with Crippen molar-refractivity contribution in [2.45, 2.75) is 26.7 Å². The molecule has 1 aliphatic rings. The van der Waals surface area contributed by atoms with Crippen molar-refractivity contribution in [2.24, 2.45) is 23.1 Å². The molecule has 0 aliphatic carbocycles. The minimum atomic E-state index is -0.768. The Labute approximate surface area is 208 Å². The van der Waals surface area contributed by atoms with Gasteiger partial charge in [0.1, 0.15) is 5.83 Å². The number of hydrogen-bond donors (Lipinski definition) is 5. The molecule has 8 nitrogen and oxygen atoms in total. The summed E-state index contributed by atoms with van der Waals surface area (Å²) < 4.78 is 19.6. The summed E-state index contributed by atoms with van der Waals surface area (Å²) in [5.41, 5.74) is 21.1. The third kappa shape index (κ3) is 9.46. The number of carbonyl (C=O) groups is 1. The van der Waals surface area contributed by atoms with Crippen LogP contribution in [-0.4, -0.2) is 51.3 Å². The molecule has 0 aromatic carbocycles. The van der Waals surface area contributed by atoms with Crippen LogP contribution in [0.15, 0.2) is 82.8 Å². The van der Waals surface area contributed by atoms with Crippen molar-refractivity contribution in [3.8, 4) is 0 Å². The van der Waals surface area contributed by atoms with Gasteiger partial charge in [0, 0.05) is 44.6 Å². The molecule has 194 valence electrons. The summed E-state index contributed by atoms with van der Waals surface area (Å²) in [5, 5.41) is 5.69. The van der Waals surface area contributed by atoms with Gasteiger partial charge in [0.15, 0.2) is 0 Å². The highest BCUT2D eigenvalue weighted by molar-refractivity contribution is 5.77. The van der Waals surface area contributed by atoms with E-state index in [0.29, 0.717) is 49.5 Å². The molecule has 0 radical (unpaired) electrons. The van der Waals surface area contributed by atoms with Crippen LogP contribution in [0.1, 0.15) is 26.7 Å². The fourth-order valence-corrected chi connectivity index (χ4v) is 3.62. The van der Waals surface area contributed by atoms with E-state index in [0.717, 1.165) is 17.6 Å². The van der Waals surface area contributed by atoms with Gasteiger partial charge in [-0.05, 0) is 68.0 Å². The van der Waals surface area contributed by atoms with E-state index in [9.17, 15) is 9.18 Å². The average molecular weight is 489 g/mol. The first-order valence-electron chi connectivity index (χ1n) is 11.7. The molecule has 35 heavy (non-hydrogen) atoms. The molecule has 1 atom stereocenters. The second-order valence-electron chi connectivity index (χ2n) is 8.29. The van der Waals surface area contributed by atoms with Crippen LogP contribution >= 0.6 is 0 Å². The number of halogens is 1. The van der Waals surface area contributed by atoms with E-state index in [2.05, 4.69) is 17.2 Å². The first-order chi connectivity index (χ1) is 16.7. The van der Waals surface area contributed by atoms with Crippen LogP contribution in [0, 0.1) is 5.92 Å². The molecule has 9 heteroatoms. The summed E-state index contributed by atoms with van der Waals surface area (Å²) in [6, 6.07) is -0.391. The number of methoxy groups -OCH3 is 1. The van der Waals surface area contributed by atoms with Gasteiger partial charge in [-0.15, -0.1) is 0 Å². The number of likely N-dealkylation sites (N-methyl/N-ethyl adjacent to an activating group) is 1. The van der Waals surface area contributed by atoms with Crippen LogP contribution < -0.4 is 27.8 Å². The Bertz CT molecular complexity index is 930. The van der Waals surface area contributed by atoms with E-state index in [1.165, 1.54) is 18.5 Å². The van der Waals surface area contributed by atoms with Crippen LogP contribution in [0.3, 0.4) is 0 Å². The van der Waals surface area contributed by atoms with E-state index >= 15 is 0 Å². The predicted molar refractivity (Wildman–Crippen MR) is 141 cm³/mol. The molecular formula is C26H41FN6O2. The maximum absolute atomic E-state index is 14.4. The lowest BCUT2D eigenvalue weighted by Gasteiger charge is -2.19. The smallest absolute Gasteiger partial charge is 0.321 e. The minimum Gasteiger partial charge on any atom is -0.405 e. The molecule has 0 aromatic rings. The first kappa shape index (κ1) is 29.7. The van der Waals surface area contributed by atoms with Gasteiger partial charge in [-0.1, -0.05) is 25.2 Å².